The molecule has 0 fully saturated rings. The minimum Gasteiger partial charge on any atom is -0.445 e. The lowest BCUT2D eigenvalue weighted by Gasteiger charge is -2.22. The second-order valence-corrected chi connectivity index (χ2v) is 3.66. The van der Waals surface area contributed by atoms with Gasteiger partial charge in [0.1, 0.15) is 5.82 Å². The van der Waals surface area contributed by atoms with Gasteiger partial charge in [-0.25, -0.2) is 4.39 Å². The summed E-state index contributed by atoms with van der Waals surface area (Å²) in [5, 5.41) is 2.23. The summed E-state index contributed by atoms with van der Waals surface area (Å²) < 4.78 is 50.6. The first-order valence-corrected chi connectivity index (χ1v) is 4.70. The SMILES string of the molecule is O=C1CCc2cc([B-](F)(F)F)cc(F)c2N1. The van der Waals surface area contributed by atoms with Crippen LogP contribution in [0.2, 0.25) is 0 Å². The molecule has 16 heavy (non-hydrogen) atoms. The molecule has 1 aromatic carbocycles. The van der Waals surface area contributed by atoms with Gasteiger partial charge in [-0.05, 0) is 12.0 Å². The van der Waals surface area contributed by atoms with Crippen molar-refractivity contribution in [3.8, 4) is 0 Å². The summed E-state index contributed by atoms with van der Waals surface area (Å²) in [5.41, 5.74) is -0.888. The molecule has 0 atom stereocenters. The largest absolute Gasteiger partial charge is 0.509 e. The Morgan fingerprint density at radius 3 is 2.50 bits per heavy atom. The van der Waals surface area contributed by atoms with Gasteiger partial charge in [0.25, 0.3) is 0 Å². The highest BCUT2D eigenvalue weighted by Gasteiger charge is 2.29. The zero-order chi connectivity index (χ0) is 11.9. The van der Waals surface area contributed by atoms with Crippen molar-refractivity contribution in [1.29, 1.82) is 0 Å². The topological polar surface area (TPSA) is 29.1 Å². The maximum Gasteiger partial charge on any atom is 0.509 e. The van der Waals surface area contributed by atoms with Crippen LogP contribution in [0, 0.1) is 5.82 Å². The molecule has 7 heteroatoms. The van der Waals surface area contributed by atoms with E-state index in [1.54, 1.807) is 0 Å². The Labute approximate surface area is 88.7 Å². The van der Waals surface area contributed by atoms with E-state index in [1.807, 2.05) is 0 Å². The molecule has 0 spiro atoms. The van der Waals surface area contributed by atoms with Gasteiger partial charge < -0.3 is 18.3 Å². The Kier molecular flexibility index (Phi) is 2.40. The van der Waals surface area contributed by atoms with E-state index >= 15 is 0 Å². The molecule has 0 radical (unpaired) electrons. The summed E-state index contributed by atoms with van der Waals surface area (Å²) >= 11 is 0. The fourth-order valence-electron chi connectivity index (χ4n) is 1.66. The molecule has 1 aliphatic heterocycles. The second-order valence-electron chi connectivity index (χ2n) is 3.66. The Balaban J connectivity index is 2.51. The van der Waals surface area contributed by atoms with Crippen LogP contribution in [0.15, 0.2) is 12.1 Å². The lowest BCUT2D eigenvalue weighted by molar-refractivity contribution is -0.116. The van der Waals surface area contributed by atoms with E-state index in [2.05, 4.69) is 5.32 Å². The molecule has 0 saturated heterocycles. The summed E-state index contributed by atoms with van der Waals surface area (Å²) in [7, 11) is 0. The molecular weight excluding hydrogens is 225 g/mol. The second kappa shape index (κ2) is 3.50. The molecule has 1 aliphatic rings. The van der Waals surface area contributed by atoms with Crippen LogP contribution in [-0.2, 0) is 11.2 Å². The Hall–Kier alpha value is -1.53. The number of hydrogen-bond donors (Lipinski definition) is 1. The van der Waals surface area contributed by atoms with Gasteiger partial charge in [0.2, 0.25) is 5.91 Å². The third kappa shape index (κ3) is 1.89. The molecule has 2 rings (SSSR count). The van der Waals surface area contributed by atoms with Crippen LogP contribution in [0.5, 0.6) is 0 Å². The number of nitrogens with one attached hydrogen (secondary N) is 1. The third-order valence-corrected chi connectivity index (χ3v) is 2.46. The first-order chi connectivity index (χ1) is 7.38. The molecule has 1 N–H and O–H groups in total. The highest BCUT2D eigenvalue weighted by atomic mass is 19.4. The van der Waals surface area contributed by atoms with Crippen molar-refractivity contribution in [2.24, 2.45) is 0 Å². The zero-order valence-corrected chi connectivity index (χ0v) is 8.07. The molecule has 86 valence electrons. The summed E-state index contributed by atoms with van der Waals surface area (Å²) in [4.78, 5) is 11.0. The zero-order valence-electron chi connectivity index (χ0n) is 8.07. The minimum atomic E-state index is -5.21. The molecule has 1 heterocycles. The Morgan fingerprint density at radius 2 is 1.88 bits per heavy atom. The molecular formula is C9H7BF4NO-. The van der Waals surface area contributed by atoms with E-state index in [0.717, 1.165) is 6.07 Å². The van der Waals surface area contributed by atoms with Crippen LogP contribution in [0.4, 0.5) is 23.0 Å². The van der Waals surface area contributed by atoms with Crippen LogP contribution in [0.3, 0.4) is 0 Å². The molecule has 2 nitrogen and oxygen atoms in total. The van der Waals surface area contributed by atoms with Crippen molar-refractivity contribution < 1.29 is 22.1 Å². The van der Waals surface area contributed by atoms with Crippen molar-refractivity contribution in [2.45, 2.75) is 12.8 Å². The van der Waals surface area contributed by atoms with Gasteiger partial charge in [-0.3, -0.25) is 4.79 Å². The predicted molar refractivity (Wildman–Crippen MR) is 52.1 cm³/mol. The fourth-order valence-corrected chi connectivity index (χ4v) is 1.66. The molecule has 1 amide bonds. The normalized spacial score (nSPS) is 15.6. The van der Waals surface area contributed by atoms with E-state index in [4.69, 9.17) is 0 Å². The van der Waals surface area contributed by atoms with Gasteiger partial charge in [0.05, 0.1) is 5.69 Å². The van der Waals surface area contributed by atoms with E-state index < -0.39 is 18.3 Å². The van der Waals surface area contributed by atoms with E-state index in [9.17, 15) is 22.1 Å². The summed E-state index contributed by atoms with van der Waals surface area (Å²) in [6.07, 6.45) is 0.221. The van der Waals surface area contributed by atoms with Gasteiger partial charge in [-0.15, -0.1) is 5.46 Å². The molecule has 0 saturated carbocycles. The van der Waals surface area contributed by atoms with Crippen LogP contribution in [0.25, 0.3) is 0 Å². The highest BCUT2D eigenvalue weighted by molar-refractivity contribution is 6.73. The van der Waals surface area contributed by atoms with Crippen LogP contribution < -0.4 is 10.8 Å². The van der Waals surface area contributed by atoms with Crippen molar-refractivity contribution >= 4 is 24.0 Å². The predicted octanol–water partition coefficient (Wildman–Crippen LogP) is 1.76. The number of benzene rings is 1. The number of halogens is 4. The first-order valence-electron chi connectivity index (χ1n) is 4.70. The molecule has 0 bridgehead atoms. The van der Waals surface area contributed by atoms with Gasteiger partial charge in [0, 0.05) is 6.42 Å². The van der Waals surface area contributed by atoms with Crippen molar-refractivity contribution in [1.82, 2.24) is 0 Å². The number of aryl methyl sites for hydroxylation is 1. The Bertz CT molecular complexity index is 458. The standard InChI is InChI=1S/C9H7BF4NO/c11-7-4-6(10(12,13)14)3-5-1-2-8(16)15-9(5)7/h3-4H,1-2H2,(H,15,16)/q-1. The van der Waals surface area contributed by atoms with Crippen LogP contribution in [-0.4, -0.2) is 12.9 Å². The first kappa shape index (κ1) is 11.0. The van der Waals surface area contributed by atoms with Gasteiger partial charge in [-0.2, -0.15) is 0 Å². The van der Waals surface area contributed by atoms with E-state index in [-0.39, 0.29) is 30.0 Å². The van der Waals surface area contributed by atoms with Crippen LogP contribution >= 0.6 is 0 Å². The number of carbonyl (C=O) groups is 1. The molecule has 0 unspecified atom stereocenters. The molecule has 0 aromatic heterocycles. The Morgan fingerprint density at radius 1 is 1.19 bits per heavy atom. The lowest BCUT2D eigenvalue weighted by Crippen LogP contribution is -2.35. The smallest absolute Gasteiger partial charge is 0.445 e. The van der Waals surface area contributed by atoms with Crippen molar-refractivity contribution in [2.75, 3.05) is 5.32 Å². The van der Waals surface area contributed by atoms with Gasteiger partial charge in [0.15, 0.2) is 0 Å². The average molecular weight is 232 g/mol. The minimum absolute atomic E-state index is 0.0841. The lowest BCUT2D eigenvalue weighted by atomic mass is 9.78. The van der Waals surface area contributed by atoms with Gasteiger partial charge >= 0.3 is 6.98 Å². The maximum absolute atomic E-state index is 13.3. The molecule has 0 aliphatic carbocycles. The summed E-state index contributed by atoms with van der Waals surface area (Å²) in [6.45, 7) is -5.21. The molecule has 1 aromatic rings. The number of amides is 1. The fraction of sp³-hybridized carbons (Fsp3) is 0.222. The quantitative estimate of drug-likeness (QED) is 0.580. The number of carbonyl (C=O) groups excluding carboxylic acids is 1. The monoisotopic (exact) mass is 232 g/mol. The summed E-state index contributed by atoms with van der Waals surface area (Å²) in [5.74, 6) is -1.41. The number of anilines is 1. The van der Waals surface area contributed by atoms with E-state index in [0.29, 0.717) is 6.07 Å². The van der Waals surface area contributed by atoms with Crippen molar-refractivity contribution in [3.05, 3.63) is 23.5 Å². The van der Waals surface area contributed by atoms with E-state index in [1.165, 1.54) is 0 Å². The maximum atomic E-state index is 13.3. The third-order valence-electron chi connectivity index (χ3n) is 2.46. The average Bonchev–Trinajstić information content (AvgIpc) is 2.17. The number of hydrogen-bond acceptors (Lipinski definition) is 1. The van der Waals surface area contributed by atoms with Crippen LogP contribution in [0.1, 0.15) is 12.0 Å². The summed E-state index contributed by atoms with van der Waals surface area (Å²) in [6, 6.07) is 1.32. The number of fused-ring (bicyclic) bond motifs is 1. The van der Waals surface area contributed by atoms with Crippen molar-refractivity contribution in [3.63, 3.8) is 0 Å². The highest BCUT2D eigenvalue weighted by Crippen LogP contribution is 2.26. The van der Waals surface area contributed by atoms with Gasteiger partial charge in [-0.1, -0.05) is 12.1 Å². The number of rotatable bonds is 1.